The number of rotatable bonds is 9. The van der Waals surface area contributed by atoms with Gasteiger partial charge < -0.3 is 15.2 Å². The van der Waals surface area contributed by atoms with Crippen LogP contribution in [-0.2, 0) is 9.53 Å². The van der Waals surface area contributed by atoms with Crippen molar-refractivity contribution in [3.8, 4) is 0 Å². The van der Waals surface area contributed by atoms with Crippen LogP contribution in [0.4, 0.5) is 0 Å². The van der Waals surface area contributed by atoms with Crippen LogP contribution in [0.15, 0.2) is 0 Å². The zero-order valence-electron chi connectivity index (χ0n) is 14.0. The third-order valence-electron chi connectivity index (χ3n) is 4.13. The fraction of sp³-hybridized carbons (Fsp3) is 0.938. The van der Waals surface area contributed by atoms with Gasteiger partial charge in [-0.25, -0.2) is 0 Å². The molecule has 1 saturated heterocycles. The highest BCUT2D eigenvalue weighted by atomic mass is 16.5. The van der Waals surface area contributed by atoms with E-state index in [9.17, 15) is 9.90 Å². The van der Waals surface area contributed by atoms with Crippen molar-refractivity contribution in [2.45, 2.75) is 71.1 Å². The number of nitrogens with zero attached hydrogens (tertiary/aromatic N) is 1. The lowest BCUT2D eigenvalue weighted by Gasteiger charge is -2.35. The summed E-state index contributed by atoms with van der Waals surface area (Å²) in [6.45, 7) is 11.8. The van der Waals surface area contributed by atoms with Crippen molar-refractivity contribution in [1.29, 1.82) is 0 Å². The molecule has 0 bridgehead atoms. The number of ether oxygens (including phenoxy) is 1. The molecule has 0 aliphatic carbocycles. The summed E-state index contributed by atoms with van der Waals surface area (Å²) in [5, 5.41) is 12.6. The summed E-state index contributed by atoms with van der Waals surface area (Å²) >= 11 is 0. The Labute approximate surface area is 129 Å². The maximum absolute atomic E-state index is 11.4. The summed E-state index contributed by atoms with van der Waals surface area (Å²) in [7, 11) is 0. The molecule has 124 valence electrons. The Bertz CT molecular complexity index is 315. The van der Waals surface area contributed by atoms with Gasteiger partial charge in [-0.2, -0.15) is 0 Å². The Kier molecular flexibility index (Phi) is 7.63. The van der Waals surface area contributed by atoms with E-state index in [0.717, 1.165) is 45.4 Å². The number of carboxylic acids is 1. The largest absolute Gasteiger partial charge is 0.480 e. The van der Waals surface area contributed by atoms with Crippen LogP contribution in [0.3, 0.4) is 0 Å². The lowest BCUT2D eigenvalue weighted by molar-refractivity contribution is -0.144. The molecule has 0 spiro atoms. The number of hydrogen-bond acceptors (Lipinski definition) is 4. The number of unbranched alkanes of at least 4 members (excludes halogenated alkanes) is 1. The first-order valence-corrected chi connectivity index (χ1v) is 8.23. The molecule has 0 saturated carbocycles. The molecule has 5 nitrogen and oxygen atoms in total. The summed E-state index contributed by atoms with van der Waals surface area (Å²) in [6, 6.07) is 0. The van der Waals surface area contributed by atoms with Crippen molar-refractivity contribution in [2.75, 3.05) is 26.2 Å². The molecular formula is C16H32N2O3. The monoisotopic (exact) mass is 300 g/mol. The van der Waals surface area contributed by atoms with Gasteiger partial charge >= 0.3 is 5.97 Å². The third-order valence-corrected chi connectivity index (χ3v) is 4.13. The Balaban J connectivity index is 2.29. The van der Waals surface area contributed by atoms with Gasteiger partial charge in [0.2, 0.25) is 0 Å². The van der Waals surface area contributed by atoms with E-state index in [-0.39, 0.29) is 0 Å². The number of carboxylic acid groups (broad SMARTS) is 1. The minimum atomic E-state index is -0.790. The second-order valence-electron chi connectivity index (χ2n) is 6.54. The first-order valence-electron chi connectivity index (χ1n) is 8.23. The van der Waals surface area contributed by atoms with E-state index in [1.807, 2.05) is 0 Å². The number of morpholine rings is 1. The fourth-order valence-electron chi connectivity index (χ4n) is 2.95. The smallest absolute Gasteiger partial charge is 0.323 e. The van der Waals surface area contributed by atoms with Crippen molar-refractivity contribution in [2.24, 2.45) is 0 Å². The van der Waals surface area contributed by atoms with Crippen molar-refractivity contribution < 1.29 is 14.6 Å². The first-order chi connectivity index (χ1) is 9.87. The van der Waals surface area contributed by atoms with Crippen LogP contribution in [0.25, 0.3) is 0 Å². The number of aliphatic carboxylic acids is 1. The highest BCUT2D eigenvalue weighted by Gasteiger charge is 2.31. The Morgan fingerprint density at radius 2 is 1.95 bits per heavy atom. The standard InChI is InChI=1S/C16H32N2O3/c1-5-9-17-16(4,15(19)20)8-6-7-10-18-11-13(2)21-14(3)12-18/h13-14,17H,5-12H2,1-4H3,(H,19,20). The van der Waals surface area contributed by atoms with Crippen LogP contribution in [0.5, 0.6) is 0 Å². The van der Waals surface area contributed by atoms with E-state index < -0.39 is 11.5 Å². The van der Waals surface area contributed by atoms with Gasteiger partial charge in [0, 0.05) is 13.1 Å². The predicted molar refractivity (Wildman–Crippen MR) is 84.6 cm³/mol. The molecule has 1 aliphatic rings. The van der Waals surface area contributed by atoms with E-state index in [2.05, 4.69) is 31.0 Å². The number of carbonyl (C=O) groups is 1. The molecule has 3 atom stereocenters. The van der Waals surface area contributed by atoms with Crippen molar-refractivity contribution in [3.63, 3.8) is 0 Å². The molecule has 0 aromatic rings. The fourth-order valence-corrected chi connectivity index (χ4v) is 2.95. The quantitative estimate of drug-likeness (QED) is 0.639. The molecule has 0 aromatic heterocycles. The van der Waals surface area contributed by atoms with E-state index in [1.54, 1.807) is 6.92 Å². The van der Waals surface area contributed by atoms with Crippen LogP contribution in [0.1, 0.15) is 53.4 Å². The zero-order chi connectivity index (χ0) is 15.9. The molecule has 0 amide bonds. The van der Waals surface area contributed by atoms with Crippen LogP contribution in [-0.4, -0.2) is 59.9 Å². The third kappa shape index (κ3) is 6.32. The normalized spacial score (nSPS) is 26.5. The molecule has 5 heteroatoms. The summed E-state index contributed by atoms with van der Waals surface area (Å²) in [5.74, 6) is -0.746. The molecule has 21 heavy (non-hydrogen) atoms. The average molecular weight is 300 g/mol. The predicted octanol–water partition coefficient (Wildman–Crippen LogP) is 2.11. The van der Waals surface area contributed by atoms with E-state index >= 15 is 0 Å². The summed E-state index contributed by atoms with van der Waals surface area (Å²) in [6.07, 6.45) is 4.19. The molecule has 0 radical (unpaired) electrons. The van der Waals surface area contributed by atoms with E-state index in [1.165, 1.54) is 0 Å². The van der Waals surface area contributed by atoms with Gasteiger partial charge in [0.25, 0.3) is 0 Å². The summed E-state index contributed by atoms with van der Waals surface area (Å²) in [5.41, 5.74) is -0.790. The van der Waals surface area contributed by atoms with Crippen LogP contribution >= 0.6 is 0 Å². The Morgan fingerprint density at radius 1 is 1.33 bits per heavy atom. The van der Waals surface area contributed by atoms with E-state index in [4.69, 9.17) is 4.74 Å². The van der Waals surface area contributed by atoms with Crippen LogP contribution < -0.4 is 5.32 Å². The average Bonchev–Trinajstić information content (AvgIpc) is 2.40. The molecular weight excluding hydrogens is 268 g/mol. The second kappa shape index (κ2) is 8.71. The highest BCUT2D eigenvalue weighted by Crippen LogP contribution is 2.16. The van der Waals surface area contributed by atoms with Crippen LogP contribution in [0.2, 0.25) is 0 Å². The molecule has 1 fully saturated rings. The first kappa shape index (κ1) is 18.4. The van der Waals surface area contributed by atoms with Gasteiger partial charge in [-0.05, 0) is 59.5 Å². The van der Waals surface area contributed by atoms with Gasteiger partial charge in [-0.15, -0.1) is 0 Å². The topological polar surface area (TPSA) is 61.8 Å². The molecule has 1 heterocycles. The molecule has 3 unspecified atom stereocenters. The van der Waals surface area contributed by atoms with Crippen LogP contribution in [0, 0.1) is 0 Å². The van der Waals surface area contributed by atoms with Gasteiger partial charge in [-0.1, -0.05) is 6.92 Å². The lowest BCUT2D eigenvalue weighted by Crippen LogP contribution is -2.50. The molecule has 1 rings (SSSR count). The molecule has 2 N–H and O–H groups in total. The van der Waals surface area contributed by atoms with Gasteiger partial charge in [0.15, 0.2) is 0 Å². The minimum absolute atomic E-state index is 0.296. The SMILES string of the molecule is CCCNC(C)(CCCCN1CC(C)OC(C)C1)C(=O)O. The molecule has 0 aromatic carbocycles. The van der Waals surface area contributed by atoms with Gasteiger partial charge in [0.05, 0.1) is 12.2 Å². The lowest BCUT2D eigenvalue weighted by atomic mass is 9.94. The van der Waals surface area contributed by atoms with Crippen molar-refractivity contribution >= 4 is 5.97 Å². The van der Waals surface area contributed by atoms with Gasteiger partial charge in [-0.3, -0.25) is 9.69 Å². The number of hydrogen-bond donors (Lipinski definition) is 2. The maximum Gasteiger partial charge on any atom is 0.323 e. The highest BCUT2D eigenvalue weighted by molar-refractivity contribution is 5.78. The van der Waals surface area contributed by atoms with Crippen molar-refractivity contribution in [3.05, 3.63) is 0 Å². The van der Waals surface area contributed by atoms with E-state index in [0.29, 0.717) is 18.6 Å². The second-order valence-corrected chi connectivity index (χ2v) is 6.54. The summed E-state index contributed by atoms with van der Waals surface area (Å²) < 4.78 is 5.72. The Hall–Kier alpha value is -0.650. The summed E-state index contributed by atoms with van der Waals surface area (Å²) in [4.78, 5) is 13.8. The maximum atomic E-state index is 11.4. The number of nitrogens with one attached hydrogen (secondary N) is 1. The Morgan fingerprint density at radius 3 is 2.48 bits per heavy atom. The zero-order valence-corrected chi connectivity index (χ0v) is 14.0. The minimum Gasteiger partial charge on any atom is -0.480 e. The van der Waals surface area contributed by atoms with Crippen molar-refractivity contribution in [1.82, 2.24) is 10.2 Å². The molecule has 1 aliphatic heterocycles. The van der Waals surface area contributed by atoms with Gasteiger partial charge in [0.1, 0.15) is 5.54 Å².